The first kappa shape index (κ1) is 19.2. The smallest absolute Gasteiger partial charge is 0.273 e. The van der Waals surface area contributed by atoms with Crippen molar-refractivity contribution in [3.8, 4) is 11.5 Å². The minimum absolute atomic E-state index is 0.0944. The van der Waals surface area contributed by atoms with Gasteiger partial charge in [0, 0.05) is 18.3 Å². The number of aromatic nitrogens is 1. The second-order valence-corrected chi connectivity index (χ2v) is 6.50. The van der Waals surface area contributed by atoms with E-state index in [9.17, 15) is 14.9 Å². The number of non-ortho nitro benzene ring substituents is 1. The molecule has 30 heavy (non-hydrogen) atoms. The fraction of sp³-hybridized carbons (Fsp3) is 0.143. The summed E-state index contributed by atoms with van der Waals surface area (Å²) in [5.41, 5.74) is 2.04. The Hall–Kier alpha value is -4.14. The summed E-state index contributed by atoms with van der Waals surface area (Å²) in [5.74, 6) is 0.673. The van der Waals surface area contributed by atoms with Crippen LogP contribution in [0.4, 0.5) is 17.1 Å². The third-order valence-corrected chi connectivity index (χ3v) is 4.82. The zero-order valence-electron chi connectivity index (χ0n) is 16.2. The number of pyridine rings is 1. The molecule has 0 radical (unpaired) electrons. The van der Waals surface area contributed by atoms with Gasteiger partial charge in [-0.2, -0.15) is 0 Å². The molecule has 1 N–H and O–H groups in total. The molecule has 1 aromatic heterocycles. The summed E-state index contributed by atoms with van der Waals surface area (Å²) in [6, 6.07) is 14.8. The number of rotatable bonds is 6. The summed E-state index contributed by atoms with van der Waals surface area (Å²) in [7, 11) is 2.98. The molecule has 4 rings (SSSR count). The number of nitrogens with zero attached hydrogens (tertiary/aromatic N) is 3. The Balaban J connectivity index is 1.79. The van der Waals surface area contributed by atoms with Crippen LogP contribution in [-0.4, -0.2) is 30.0 Å². The number of methoxy groups -OCH3 is 2. The van der Waals surface area contributed by atoms with Crippen LogP contribution in [0.2, 0.25) is 0 Å². The number of hydrogen-bond donors (Lipinski definition) is 1. The van der Waals surface area contributed by atoms with E-state index < -0.39 is 11.1 Å². The lowest BCUT2D eigenvalue weighted by Crippen LogP contribution is -2.32. The summed E-state index contributed by atoms with van der Waals surface area (Å²) >= 11 is 0. The maximum atomic E-state index is 13.2. The largest absolute Gasteiger partial charge is 0.497 e. The second-order valence-electron chi connectivity index (χ2n) is 6.50. The number of carbonyl (C=O) groups excluding carboxylic acids is 1. The Bertz CT molecular complexity index is 1130. The fourth-order valence-corrected chi connectivity index (χ4v) is 3.41. The highest BCUT2D eigenvalue weighted by Crippen LogP contribution is 2.40. The molecule has 9 heteroatoms. The highest BCUT2D eigenvalue weighted by molar-refractivity contribution is 6.11. The molecule has 1 aliphatic heterocycles. The number of ether oxygens (including phenoxy) is 2. The van der Waals surface area contributed by atoms with E-state index >= 15 is 0 Å². The number of anilines is 2. The maximum Gasteiger partial charge on any atom is 0.273 e. The normalized spacial score (nSPS) is 14.9. The van der Waals surface area contributed by atoms with Crippen molar-refractivity contribution in [2.24, 2.45) is 0 Å². The molecule has 2 heterocycles. The maximum absolute atomic E-state index is 13.2. The highest BCUT2D eigenvalue weighted by Gasteiger charge is 2.39. The van der Waals surface area contributed by atoms with Crippen molar-refractivity contribution in [3.05, 3.63) is 82.2 Å². The molecule has 0 saturated carbocycles. The fourth-order valence-electron chi connectivity index (χ4n) is 3.41. The molecule has 1 aliphatic rings. The number of carbonyl (C=O) groups is 1. The number of fused-ring (bicyclic) bond motifs is 1. The second kappa shape index (κ2) is 7.70. The summed E-state index contributed by atoms with van der Waals surface area (Å²) in [5, 5.41) is 14.3. The van der Waals surface area contributed by atoms with Crippen LogP contribution in [0.15, 0.2) is 60.8 Å². The molecular weight excluding hydrogens is 388 g/mol. The van der Waals surface area contributed by atoms with Crippen molar-refractivity contribution < 1.29 is 19.2 Å². The average Bonchev–Trinajstić information content (AvgIpc) is 3.05. The number of nitrogens with one attached hydrogen (secondary N) is 1. The van der Waals surface area contributed by atoms with Gasteiger partial charge in [-0.05, 0) is 30.3 Å². The van der Waals surface area contributed by atoms with E-state index in [-0.39, 0.29) is 17.3 Å². The number of benzene rings is 2. The molecule has 0 spiro atoms. The topological polar surface area (TPSA) is 107 Å². The number of amides is 1. The first-order valence-electron chi connectivity index (χ1n) is 9.05. The Labute approximate surface area is 172 Å². The monoisotopic (exact) mass is 406 g/mol. The molecule has 2 aromatic carbocycles. The van der Waals surface area contributed by atoms with Crippen LogP contribution in [0, 0.1) is 10.1 Å². The number of hydrogen-bond acceptors (Lipinski definition) is 7. The van der Waals surface area contributed by atoms with Gasteiger partial charge in [0.1, 0.15) is 11.5 Å². The van der Waals surface area contributed by atoms with E-state index in [1.54, 1.807) is 60.7 Å². The van der Waals surface area contributed by atoms with Gasteiger partial charge in [-0.3, -0.25) is 24.8 Å². The summed E-state index contributed by atoms with van der Waals surface area (Å²) in [6.07, 6.45) is 0.972. The molecule has 0 fully saturated rings. The Kier molecular flexibility index (Phi) is 4.93. The zero-order valence-corrected chi connectivity index (χ0v) is 16.2. The lowest BCUT2D eigenvalue weighted by Gasteiger charge is -2.27. The quantitative estimate of drug-likeness (QED) is 0.490. The molecule has 1 atom stereocenters. The lowest BCUT2D eigenvalue weighted by molar-refractivity contribution is -0.384. The first-order chi connectivity index (χ1) is 14.5. The SMILES string of the molecule is COc1cccc(N2C(=O)c3cccnc3C2Nc2ccc([N+](=O)[O-])cc2OC)c1. The van der Waals surface area contributed by atoms with Crippen LogP contribution in [0.1, 0.15) is 22.2 Å². The van der Waals surface area contributed by atoms with Crippen molar-refractivity contribution in [1.82, 2.24) is 4.98 Å². The van der Waals surface area contributed by atoms with Gasteiger partial charge in [-0.25, -0.2) is 0 Å². The molecule has 1 amide bonds. The van der Waals surface area contributed by atoms with Gasteiger partial charge in [-0.1, -0.05) is 6.07 Å². The van der Waals surface area contributed by atoms with Crippen LogP contribution in [0.3, 0.4) is 0 Å². The van der Waals surface area contributed by atoms with Crippen molar-refractivity contribution in [2.45, 2.75) is 6.17 Å². The Morgan fingerprint density at radius 3 is 2.67 bits per heavy atom. The van der Waals surface area contributed by atoms with Gasteiger partial charge in [0.15, 0.2) is 6.17 Å². The predicted molar refractivity (Wildman–Crippen MR) is 110 cm³/mol. The zero-order chi connectivity index (χ0) is 21.3. The lowest BCUT2D eigenvalue weighted by atomic mass is 10.2. The van der Waals surface area contributed by atoms with Gasteiger partial charge in [0.05, 0.1) is 47.8 Å². The van der Waals surface area contributed by atoms with Crippen LogP contribution in [-0.2, 0) is 0 Å². The predicted octanol–water partition coefficient (Wildman–Crippen LogP) is 3.78. The molecule has 0 aliphatic carbocycles. The standard InChI is InChI=1S/C21H18N4O5/c1-29-15-6-3-5-13(11-15)24-20(19-16(21(24)26)7-4-10-22-19)23-17-9-8-14(25(27)28)12-18(17)30-2/h3-12,20,23H,1-2H3. The van der Waals surface area contributed by atoms with Crippen molar-refractivity contribution in [1.29, 1.82) is 0 Å². The van der Waals surface area contributed by atoms with Gasteiger partial charge < -0.3 is 14.8 Å². The third-order valence-electron chi connectivity index (χ3n) is 4.82. The van der Waals surface area contributed by atoms with Gasteiger partial charge in [0.2, 0.25) is 0 Å². The number of nitro benzene ring substituents is 1. The van der Waals surface area contributed by atoms with E-state index in [2.05, 4.69) is 10.3 Å². The van der Waals surface area contributed by atoms with Crippen molar-refractivity contribution in [3.63, 3.8) is 0 Å². The molecule has 9 nitrogen and oxygen atoms in total. The van der Waals surface area contributed by atoms with Gasteiger partial charge >= 0.3 is 0 Å². The molecule has 0 bridgehead atoms. The summed E-state index contributed by atoms with van der Waals surface area (Å²) in [4.78, 5) is 29.7. The molecule has 152 valence electrons. The minimum Gasteiger partial charge on any atom is -0.497 e. The van der Waals surface area contributed by atoms with Crippen LogP contribution >= 0.6 is 0 Å². The average molecular weight is 406 g/mol. The van der Waals surface area contributed by atoms with Crippen molar-refractivity contribution in [2.75, 3.05) is 24.4 Å². The molecule has 3 aromatic rings. The van der Waals surface area contributed by atoms with Crippen LogP contribution in [0.5, 0.6) is 11.5 Å². The van der Waals surface area contributed by atoms with Crippen molar-refractivity contribution >= 4 is 23.0 Å². The molecule has 0 saturated heterocycles. The van der Waals surface area contributed by atoms with E-state index in [1.807, 2.05) is 0 Å². The van der Waals surface area contributed by atoms with E-state index in [0.29, 0.717) is 28.4 Å². The van der Waals surface area contributed by atoms with Crippen LogP contribution < -0.4 is 19.7 Å². The number of nitro groups is 1. The van der Waals surface area contributed by atoms with E-state index in [0.717, 1.165) is 0 Å². The Morgan fingerprint density at radius 2 is 1.93 bits per heavy atom. The molecule has 1 unspecified atom stereocenters. The minimum atomic E-state index is -0.642. The van der Waals surface area contributed by atoms with E-state index in [4.69, 9.17) is 9.47 Å². The van der Waals surface area contributed by atoms with Crippen LogP contribution in [0.25, 0.3) is 0 Å². The Morgan fingerprint density at radius 1 is 1.10 bits per heavy atom. The molecular formula is C21H18N4O5. The third kappa shape index (κ3) is 3.26. The highest BCUT2D eigenvalue weighted by atomic mass is 16.6. The summed E-state index contributed by atoms with van der Waals surface area (Å²) < 4.78 is 10.6. The van der Waals surface area contributed by atoms with E-state index in [1.165, 1.54) is 19.2 Å². The summed E-state index contributed by atoms with van der Waals surface area (Å²) in [6.45, 7) is 0. The van der Waals surface area contributed by atoms with Gasteiger partial charge in [-0.15, -0.1) is 0 Å². The van der Waals surface area contributed by atoms with Gasteiger partial charge in [0.25, 0.3) is 11.6 Å². The first-order valence-corrected chi connectivity index (χ1v) is 9.05.